The zero-order valence-electron chi connectivity index (χ0n) is 16.9. The van der Waals surface area contributed by atoms with Gasteiger partial charge in [-0.2, -0.15) is 0 Å². The van der Waals surface area contributed by atoms with E-state index in [1.165, 1.54) is 24.1 Å². The number of carbonyl (C=O) groups is 2. The molecule has 0 atom stereocenters. The molecule has 3 rings (SSSR count). The highest BCUT2D eigenvalue weighted by Crippen LogP contribution is 2.24. The molecular weight excluding hydrogens is 413 g/mol. The number of halogens is 2. The number of carbonyl (C=O) groups excluding carboxylic acids is 2. The highest BCUT2D eigenvalue weighted by atomic mass is 35.5. The van der Waals surface area contributed by atoms with Crippen LogP contribution in [-0.4, -0.2) is 57.3 Å². The topological polar surface area (TPSA) is 71.1 Å². The van der Waals surface area contributed by atoms with Gasteiger partial charge in [-0.25, -0.2) is 14.0 Å². The number of benzene rings is 2. The van der Waals surface area contributed by atoms with Crippen LogP contribution in [0.25, 0.3) is 0 Å². The van der Waals surface area contributed by atoms with Crippen molar-refractivity contribution in [2.24, 2.45) is 0 Å². The Bertz CT molecular complexity index is 873. The Labute approximate surface area is 181 Å². The summed E-state index contributed by atoms with van der Waals surface area (Å²) >= 11 is 0. The van der Waals surface area contributed by atoms with E-state index in [-0.39, 0.29) is 30.5 Å². The second-order valence-corrected chi connectivity index (χ2v) is 6.60. The maximum Gasteiger partial charge on any atom is 0.337 e. The van der Waals surface area contributed by atoms with E-state index in [0.29, 0.717) is 43.2 Å². The maximum absolute atomic E-state index is 14.7. The molecular formula is C21H25ClFN3O4. The lowest BCUT2D eigenvalue weighted by atomic mass is 10.1. The summed E-state index contributed by atoms with van der Waals surface area (Å²) in [5, 5.41) is 3.21. The molecule has 1 aliphatic heterocycles. The molecule has 7 nitrogen and oxygen atoms in total. The van der Waals surface area contributed by atoms with Crippen LogP contribution in [0, 0.1) is 5.82 Å². The Morgan fingerprint density at radius 2 is 1.77 bits per heavy atom. The first-order chi connectivity index (χ1) is 14.0. The number of piperazine rings is 1. The van der Waals surface area contributed by atoms with Gasteiger partial charge in [0.25, 0.3) is 0 Å². The van der Waals surface area contributed by atoms with Crippen LogP contribution in [0.15, 0.2) is 42.5 Å². The lowest BCUT2D eigenvalue weighted by Gasteiger charge is -2.33. The van der Waals surface area contributed by atoms with Crippen LogP contribution in [0.5, 0.6) is 5.75 Å². The molecule has 162 valence electrons. The molecule has 0 aromatic heterocycles. The molecule has 0 spiro atoms. The fourth-order valence-electron chi connectivity index (χ4n) is 3.15. The predicted molar refractivity (Wildman–Crippen MR) is 114 cm³/mol. The van der Waals surface area contributed by atoms with Crippen molar-refractivity contribution in [3.05, 3.63) is 59.4 Å². The molecule has 0 radical (unpaired) electrons. The Kier molecular flexibility index (Phi) is 8.44. The summed E-state index contributed by atoms with van der Waals surface area (Å²) in [6, 6.07) is 11.0. The molecule has 0 aliphatic carbocycles. The molecule has 1 heterocycles. The third-order valence-electron chi connectivity index (χ3n) is 4.81. The van der Waals surface area contributed by atoms with Crippen LogP contribution in [-0.2, 0) is 11.3 Å². The van der Waals surface area contributed by atoms with Crippen molar-refractivity contribution in [3.63, 3.8) is 0 Å². The van der Waals surface area contributed by atoms with Crippen molar-refractivity contribution in [1.29, 1.82) is 0 Å². The summed E-state index contributed by atoms with van der Waals surface area (Å²) in [4.78, 5) is 28.1. The molecule has 1 saturated heterocycles. The summed E-state index contributed by atoms with van der Waals surface area (Å²) in [6.07, 6.45) is 0. The van der Waals surface area contributed by atoms with Gasteiger partial charge < -0.3 is 19.7 Å². The molecule has 2 aromatic rings. The zero-order valence-corrected chi connectivity index (χ0v) is 17.7. The van der Waals surface area contributed by atoms with Crippen molar-refractivity contribution >= 4 is 30.1 Å². The van der Waals surface area contributed by atoms with Gasteiger partial charge in [0, 0.05) is 37.4 Å². The molecule has 1 N–H and O–H groups in total. The number of anilines is 1. The van der Waals surface area contributed by atoms with Gasteiger partial charge in [0.15, 0.2) is 0 Å². The lowest BCUT2D eigenvalue weighted by molar-refractivity contribution is 0.0600. The van der Waals surface area contributed by atoms with Crippen LogP contribution >= 0.6 is 12.4 Å². The first kappa shape index (κ1) is 23.4. The molecule has 1 fully saturated rings. The smallest absolute Gasteiger partial charge is 0.337 e. The van der Waals surface area contributed by atoms with Gasteiger partial charge in [0.05, 0.1) is 26.3 Å². The van der Waals surface area contributed by atoms with Crippen molar-refractivity contribution < 1.29 is 23.5 Å². The second-order valence-electron chi connectivity index (χ2n) is 6.60. The minimum Gasteiger partial charge on any atom is -0.497 e. The molecule has 0 saturated carbocycles. The Morgan fingerprint density at radius 3 is 2.33 bits per heavy atom. The molecule has 9 heteroatoms. The Morgan fingerprint density at radius 1 is 1.10 bits per heavy atom. The summed E-state index contributed by atoms with van der Waals surface area (Å²) in [6.45, 7) is 2.61. The first-order valence-corrected chi connectivity index (χ1v) is 9.31. The average Bonchev–Trinajstić information content (AvgIpc) is 2.78. The molecule has 2 amide bonds. The predicted octanol–water partition coefficient (Wildman–Crippen LogP) is 3.07. The number of rotatable bonds is 5. The number of hydrogen-bond donors (Lipinski definition) is 1. The van der Waals surface area contributed by atoms with Crippen LogP contribution in [0.1, 0.15) is 15.9 Å². The third-order valence-corrected chi connectivity index (χ3v) is 4.81. The minimum absolute atomic E-state index is 0. The van der Waals surface area contributed by atoms with E-state index in [1.807, 2.05) is 0 Å². The summed E-state index contributed by atoms with van der Waals surface area (Å²) < 4.78 is 24.5. The monoisotopic (exact) mass is 437 g/mol. The van der Waals surface area contributed by atoms with E-state index < -0.39 is 11.8 Å². The highest BCUT2D eigenvalue weighted by molar-refractivity contribution is 5.92. The van der Waals surface area contributed by atoms with Crippen molar-refractivity contribution in [1.82, 2.24) is 10.2 Å². The number of esters is 1. The number of urea groups is 1. The molecule has 30 heavy (non-hydrogen) atoms. The maximum atomic E-state index is 14.7. The fraction of sp³-hybridized carbons (Fsp3) is 0.333. The van der Waals surface area contributed by atoms with Crippen LogP contribution in [0.3, 0.4) is 0 Å². The van der Waals surface area contributed by atoms with E-state index in [4.69, 9.17) is 4.74 Å². The Balaban J connectivity index is 0.00000320. The molecule has 0 bridgehead atoms. The lowest BCUT2D eigenvalue weighted by Crippen LogP contribution is -2.51. The minimum atomic E-state index is -0.612. The van der Waals surface area contributed by atoms with E-state index >= 15 is 0 Å². The molecule has 2 aromatic carbocycles. The van der Waals surface area contributed by atoms with E-state index in [2.05, 4.69) is 10.1 Å². The number of nitrogens with zero attached hydrogens (tertiary/aromatic N) is 2. The SMILES string of the molecule is COC(=O)c1ccc(CN(C(=O)N2CCNCC2)c2ccc(OC)cc2)c(F)c1.Cl. The van der Waals surface area contributed by atoms with Gasteiger partial charge in [-0.05, 0) is 36.4 Å². The van der Waals surface area contributed by atoms with Gasteiger partial charge >= 0.3 is 12.0 Å². The first-order valence-electron chi connectivity index (χ1n) is 9.31. The van der Waals surface area contributed by atoms with Crippen molar-refractivity contribution in [3.8, 4) is 5.75 Å². The van der Waals surface area contributed by atoms with Crippen molar-refractivity contribution in [2.45, 2.75) is 6.54 Å². The number of nitrogens with one attached hydrogen (secondary N) is 1. The largest absolute Gasteiger partial charge is 0.497 e. The standard InChI is InChI=1S/C21H24FN3O4.ClH/c1-28-18-7-5-17(6-8-18)25(21(27)24-11-9-23-10-12-24)14-16-4-3-15(13-19(16)22)20(26)29-2;/h3-8,13,23H,9-12,14H2,1-2H3;1H. The van der Waals surface area contributed by atoms with Crippen LogP contribution in [0.2, 0.25) is 0 Å². The molecule has 1 aliphatic rings. The van der Waals surface area contributed by atoms with Crippen LogP contribution < -0.4 is 15.0 Å². The number of ether oxygens (including phenoxy) is 2. The normalized spacial score (nSPS) is 13.2. The number of hydrogen-bond acceptors (Lipinski definition) is 5. The van der Waals surface area contributed by atoms with Gasteiger partial charge in [-0.1, -0.05) is 6.07 Å². The van der Waals surface area contributed by atoms with E-state index in [9.17, 15) is 14.0 Å². The number of amides is 2. The Hall–Kier alpha value is -2.84. The van der Waals surface area contributed by atoms with Crippen LogP contribution in [0.4, 0.5) is 14.9 Å². The zero-order chi connectivity index (χ0) is 20.8. The summed E-state index contributed by atoms with van der Waals surface area (Å²) in [5.41, 5.74) is 1.06. The van der Waals surface area contributed by atoms with Gasteiger partial charge in [0.2, 0.25) is 0 Å². The van der Waals surface area contributed by atoms with Gasteiger partial charge in [-0.15, -0.1) is 12.4 Å². The van der Waals surface area contributed by atoms with E-state index in [0.717, 1.165) is 6.07 Å². The molecule has 0 unspecified atom stereocenters. The fourth-order valence-corrected chi connectivity index (χ4v) is 3.15. The van der Waals surface area contributed by atoms with Gasteiger partial charge in [0.1, 0.15) is 11.6 Å². The number of methoxy groups -OCH3 is 2. The average molecular weight is 438 g/mol. The quantitative estimate of drug-likeness (QED) is 0.728. The highest BCUT2D eigenvalue weighted by Gasteiger charge is 2.25. The van der Waals surface area contributed by atoms with E-state index in [1.54, 1.807) is 36.3 Å². The van der Waals surface area contributed by atoms with Crippen molar-refractivity contribution in [2.75, 3.05) is 45.3 Å². The van der Waals surface area contributed by atoms with Gasteiger partial charge in [-0.3, -0.25) is 4.90 Å². The summed E-state index contributed by atoms with van der Waals surface area (Å²) in [7, 11) is 2.81. The summed E-state index contributed by atoms with van der Waals surface area (Å²) in [5.74, 6) is -0.518. The third kappa shape index (κ3) is 5.40. The second kappa shape index (κ2) is 10.8.